The third-order valence-corrected chi connectivity index (χ3v) is 8.82. The lowest BCUT2D eigenvalue weighted by molar-refractivity contribution is -0.121. The molecule has 0 amide bonds. The third kappa shape index (κ3) is 5.98. The molecule has 33 heavy (non-hydrogen) atoms. The van der Waals surface area contributed by atoms with Crippen LogP contribution in [0.25, 0.3) is 0 Å². The van der Waals surface area contributed by atoms with Gasteiger partial charge in [0.2, 0.25) is 0 Å². The van der Waals surface area contributed by atoms with Gasteiger partial charge in [0.05, 0.1) is 6.26 Å². The molecule has 3 aliphatic rings. The summed E-state index contributed by atoms with van der Waals surface area (Å²) < 4.78 is 25.9. The molecule has 1 aromatic rings. The van der Waals surface area contributed by atoms with E-state index < -0.39 is 10.1 Å². The fourth-order valence-corrected chi connectivity index (χ4v) is 6.61. The molecule has 186 valence electrons. The Labute approximate surface area is 199 Å². The summed E-state index contributed by atoms with van der Waals surface area (Å²) >= 11 is 0. The Balaban J connectivity index is 0.000000555. The minimum Gasteiger partial charge on any atom is -0.508 e. The van der Waals surface area contributed by atoms with Gasteiger partial charge in [-0.1, -0.05) is 45.6 Å². The number of carbonyl (C=O) groups is 1. The summed E-state index contributed by atoms with van der Waals surface area (Å²) in [5, 5.41) is 10.1. The summed E-state index contributed by atoms with van der Waals surface area (Å²) in [6.07, 6.45) is 11.7. The Morgan fingerprint density at radius 1 is 1.18 bits per heavy atom. The maximum Gasteiger partial charge on any atom is 0.261 e. The lowest BCUT2D eigenvalue weighted by Crippen LogP contribution is -2.64. The molecule has 2 fully saturated rings. The van der Waals surface area contributed by atoms with E-state index in [9.17, 15) is 18.3 Å². The van der Waals surface area contributed by atoms with Gasteiger partial charge in [0.25, 0.3) is 10.1 Å². The zero-order chi connectivity index (χ0) is 24.4. The Kier molecular flexibility index (Phi) is 7.97. The third-order valence-electron chi connectivity index (χ3n) is 8.82. The summed E-state index contributed by atoms with van der Waals surface area (Å²) in [6.45, 7) is 5.87. The second-order valence-corrected chi connectivity index (χ2v) is 12.5. The van der Waals surface area contributed by atoms with E-state index in [1.54, 1.807) is 0 Å². The summed E-state index contributed by atoms with van der Waals surface area (Å²) in [4.78, 5) is 15.3. The zero-order valence-electron chi connectivity index (χ0n) is 20.6. The van der Waals surface area contributed by atoms with Gasteiger partial charge in [0.15, 0.2) is 0 Å². The summed E-state index contributed by atoms with van der Waals surface area (Å²) in [7, 11) is -1.42. The van der Waals surface area contributed by atoms with Crippen LogP contribution in [0.4, 0.5) is 0 Å². The summed E-state index contributed by atoms with van der Waals surface area (Å²) in [5.74, 6) is 1.62. The van der Waals surface area contributed by atoms with Crippen molar-refractivity contribution in [1.82, 2.24) is 4.90 Å². The van der Waals surface area contributed by atoms with Crippen molar-refractivity contribution in [2.45, 2.75) is 89.5 Å². The molecule has 6 nitrogen and oxygen atoms in total. The average molecular weight is 480 g/mol. The number of Topliss-reactive ketones (excluding diaryl/α,β-unsaturated/α-hetero) is 1. The van der Waals surface area contributed by atoms with Crippen LogP contribution in [0.2, 0.25) is 0 Å². The molecule has 4 rings (SSSR count). The van der Waals surface area contributed by atoms with Crippen molar-refractivity contribution < 1.29 is 22.9 Å². The van der Waals surface area contributed by atoms with E-state index in [0.717, 1.165) is 44.6 Å². The largest absolute Gasteiger partial charge is 0.508 e. The minimum atomic E-state index is -3.67. The summed E-state index contributed by atoms with van der Waals surface area (Å²) in [6, 6.07) is 6.40. The van der Waals surface area contributed by atoms with Gasteiger partial charge in [-0.15, -0.1) is 0 Å². The topological polar surface area (TPSA) is 94.9 Å². The lowest BCUT2D eigenvalue weighted by Gasteiger charge is -2.62. The normalized spacial score (nSPS) is 29.8. The van der Waals surface area contributed by atoms with Crippen LogP contribution in [0.5, 0.6) is 5.75 Å². The lowest BCUT2D eigenvalue weighted by atomic mass is 9.49. The standard InChI is InChI=1S/C25H37NO2.CH4O3S/c1-24-14-15-26(3)23(16-19-9-11-21(28)17-22(19)24)25(24,2)13-12-20(27)10-8-18-6-4-5-7-18;1-5(2,3)4/h9,11,17-18,23,28H,4-8,10,12-16H2,1-3H3;1H3,(H,2,3,4)/t23-,24+,25-;/m1./s1. The van der Waals surface area contributed by atoms with Crippen molar-refractivity contribution in [3.63, 3.8) is 0 Å². The molecule has 1 aromatic carbocycles. The van der Waals surface area contributed by atoms with Crippen LogP contribution in [0.15, 0.2) is 18.2 Å². The van der Waals surface area contributed by atoms with Gasteiger partial charge in [-0.25, -0.2) is 0 Å². The first kappa shape index (κ1) is 26.2. The number of fused-ring (bicyclic) bond motifs is 4. The van der Waals surface area contributed by atoms with Gasteiger partial charge in [0.1, 0.15) is 11.5 Å². The minimum absolute atomic E-state index is 0.0161. The Morgan fingerprint density at radius 2 is 1.82 bits per heavy atom. The van der Waals surface area contributed by atoms with E-state index in [1.165, 1.54) is 36.8 Å². The molecule has 2 bridgehead atoms. The SMILES string of the molecule is CN1CC[C@@]2(C)c3cc(O)ccc3C[C@@H]1[C@@]2(C)CCC(=O)CCC1CCCC1.CS(=O)(=O)O. The van der Waals surface area contributed by atoms with Crippen LogP contribution >= 0.6 is 0 Å². The van der Waals surface area contributed by atoms with E-state index in [1.807, 2.05) is 12.1 Å². The van der Waals surface area contributed by atoms with Crippen LogP contribution in [0, 0.1) is 11.3 Å². The highest BCUT2D eigenvalue weighted by Gasteiger charge is 2.57. The van der Waals surface area contributed by atoms with E-state index in [0.29, 0.717) is 30.3 Å². The van der Waals surface area contributed by atoms with Crippen LogP contribution in [0.1, 0.15) is 82.8 Å². The number of hydrogen-bond acceptors (Lipinski definition) is 5. The second kappa shape index (κ2) is 10.0. The molecule has 7 heteroatoms. The highest BCUT2D eigenvalue weighted by Crippen LogP contribution is 2.58. The zero-order valence-corrected chi connectivity index (χ0v) is 21.5. The van der Waals surface area contributed by atoms with E-state index in [4.69, 9.17) is 4.55 Å². The molecule has 0 spiro atoms. The van der Waals surface area contributed by atoms with E-state index in [2.05, 4.69) is 31.9 Å². The van der Waals surface area contributed by atoms with Crippen molar-refractivity contribution in [3.8, 4) is 5.75 Å². The highest BCUT2D eigenvalue weighted by molar-refractivity contribution is 7.85. The number of carbonyl (C=O) groups excluding carboxylic acids is 1. The molecule has 0 aromatic heterocycles. The fourth-order valence-electron chi connectivity index (χ4n) is 6.61. The number of piperidine rings is 1. The van der Waals surface area contributed by atoms with Crippen LogP contribution < -0.4 is 0 Å². The smallest absolute Gasteiger partial charge is 0.261 e. The van der Waals surface area contributed by atoms with Crippen molar-refractivity contribution in [2.75, 3.05) is 19.8 Å². The number of aromatic hydroxyl groups is 1. The number of likely N-dealkylation sites (tertiary alicyclic amines) is 1. The molecule has 1 saturated carbocycles. The van der Waals surface area contributed by atoms with Crippen molar-refractivity contribution in [3.05, 3.63) is 29.3 Å². The van der Waals surface area contributed by atoms with Gasteiger partial charge in [-0.2, -0.15) is 8.42 Å². The number of rotatable bonds is 6. The number of hydrogen-bond donors (Lipinski definition) is 2. The molecular formula is C26H41NO5S. The second-order valence-electron chi connectivity index (χ2n) is 11.0. The maximum atomic E-state index is 12.7. The predicted octanol–water partition coefficient (Wildman–Crippen LogP) is 4.74. The molecule has 3 atom stereocenters. The molecule has 2 aliphatic carbocycles. The van der Waals surface area contributed by atoms with Crippen molar-refractivity contribution in [1.29, 1.82) is 0 Å². The van der Waals surface area contributed by atoms with Crippen molar-refractivity contribution in [2.24, 2.45) is 11.3 Å². The Hall–Kier alpha value is -1.44. The van der Waals surface area contributed by atoms with Gasteiger partial charge in [-0.05, 0) is 73.9 Å². The molecular weight excluding hydrogens is 438 g/mol. The molecule has 1 heterocycles. The first-order valence-corrected chi connectivity index (χ1v) is 14.1. The van der Waals surface area contributed by atoms with Crippen molar-refractivity contribution >= 4 is 15.9 Å². The van der Waals surface area contributed by atoms with Crippen LogP contribution in [0.3, 0.4) is 0 Å². The number of nitrogens with zero attached hydrogens (tertiary/aromatic N) is 1. The molecule has 1 saturated heterocycles. The molecule has 0 unspecified atom stereocenters. The molecule has 1 aliphatic heterocycles. The number of phenolic OH excluding ortho intramolecular Hbond substituents is 1. The predicted molar refractivity (Wildman–Crippen MR) is 131 cm³/mol. The number of phenols is 1. The van der Waals surface area contributed by atoms with E-state index >= 15 is 0 Å². The number of likely N-dealkylation sites (N-methyl/N-ethyl adjacent to an activating group) is 1. The Bertz CT molecular complexity index is 947. The van der Waals surface area contributed by atoms with Gasteiger partial charge in [-0.3, -0.25) is 9.35 Å². The van der Waals surface area contributed by atoms with E-state index in [-0.39, 0.29) is 10.8 Å². The van der Waals surface area contributed by atoms with Crippen LogP contribution in [-0.2, 0) is 26.7 Å². The molecule has 0 radical (unpaired) electrons. The van der Waals surface area contributed by atoms with Gasteiger partial charge in [0, 0.05) is 24.3 Å². The Morgan fingerprint density at radius 3 is 2.45 bits per heavy atom. The number of ketones is 1. The number of benzene rings is 1. The van der Waals surface area contributed by atoms with Gasteiger partial charge >= 0.3 is 0 Å². The quantitative estimate of drug-likeness (QED) is 0.572. The summed E-state index contributed by atoms with van der Waals surface area (Å²) in [5.41, 5.74) is 2.77. The molecule has 2 N–H and O–H groups in total. The fraction of sp³-hybridized carbons (Fsp3) is 0.731. The average Bonchev–Trinajstić information content (AvgIpc) is 3.24. The first-order valence-electron chi connectivity index (χ1n) is 12.3. The monoisotopic (exact) mass is 479 g/mol. The van der Waals surface area contributed by atoms with Crippen LogP contribution in [-0.4, -0.2) is 54.7 Å². The first-order chi connectivity index (χ1) is 15.3. The van der Waals surface area contributed by atoms with Gasteiger partial charge < -0.3 is 10.0 Å². The maximum absolute atomic E-state index is 12.7. The highest BCUT2D eigenvalue weighted by atomic mass is 32.2.